The third kappa shape index (κ3) is 2.18. The first-order chi connectivity index (χ1) is 7.85. The Morgan fingerprint density at radius 3 is 2.81 bits per heavy atom. The molecule has 0 aliphatic rings. The van der Waals surface area contributed by atoms with E-state index in [0.29, 0.717) is 6.42 Å². The van der Waals surface area contributed by atoms with Crippen LogP contribution in [0.15, 0.2) is 30.5 Å². The molecule has 1 aromatic carbocycles. The van der Waals surface area contributed by atoms with Crippen LogP contribution < -0.4 is 5.32 Å². The molecule has 0 bridgehead atoms. The molecular weight excluding hydrogens is 204 g/mol. The van der Waals surface area contributed by atoms with E-state index in [4.69, 9.17) is 10.2 Å². The van der Waals surface area contributed by atoms with Gasteiger partial charge in [-0.1, -0.05) is 18.2 Å². The lowest BCUT2D eigenvalue weighted by Gasteiger charge is -2.15. The fourth-order valence-corrected chi connectivity index (χ4v) is 1.78. The van der Waals surface area contributed by atoms with Crippen LogP contribution in [-0.4, -0.2) is 34.5 Å². The van der Waals surface area contributed by atoms with Crippen LogP contribution in [-0.2, 0) is 0 Å². The van der Waals surface area contributed by atoms with E-state index in [9.17, 15) is 0 Å². The molecule has 0 aliphatic carbocycles. The van der Waals surface area contributed by atoms with Gasteiger partial charge < -0.3 is 20.5 Å². The third-order valence-corrected chi connectivity index (χ3v) is 2.65. The van der Waals surface area contributed by atoms with Crippen LogP contribution in [0.1, 0.15) is 6.42 Å². The van der Waals surface area contributed by atoms with E-state index in [1.54, 1.807) is 0 Å². The Kier molecular flexibility index (Phi) is 3.44. The molecule has 4 nitrogen and oxygen atoms in total. The molecule has 0 saturated carbocycles. The van der Waals surface area contributed by atoms with E-state index in [1.807, 2.05) is 30.5 Å². The SMILES string of the molecule is OCCC(CO)Nc1c[nH]c2ccccc12. The van der Waals surface area contributed by atoms with Crippen molar-refractivity contribution in [1.82, 2.24) is 4.98 Å². The fourth-order valence-electron chi connectivity index (χ4n) is 1.78. The summed E-state index contributed by atoms with van der Waals surface area (Å²) in [5, 5.41) is 22.3. The highest BCUT2D eigenvalue weighted by molar-refractivity contribution is 5.92. The summed E-state index contributed by atoms with van der Waals surface area (Å²) in [5.74, 6) is 0. The number of para-hydroxylation sites is 1. The predicted octanol–water partition coefficient (Wildman–Crippen LogP) is 1.32. The number of hydrogen-bond acceptors (Lipinski definition) is 3. The lowest BCUT2D eigenvalue weighted by Crippen LogP contribution is -2.24. The number of nitrogens with one attached hydrogen (secondary N) is 2. The van der Waals surface area contributed by atoms with E-state index < -0.39 is 0 Å². The van der Waals surface area contributed by atoms with Crippen LogP contribution in [0.25, 0.3) is 10.9 Å². The molecular formula is C12H16N2O2. The van der Waals surface area contributed by atoms with Crippen LogP contribution in [0.4, 0.5) is 5.69 Å². The minimum Gasteiger partial charge on any atom is -0.396 e. The topological polar surface area (TPSA) is 68.3 Å². The van der Waals surface area contributed by atoms with Crippen molar-refractivity contribution in [2.45, 2.75) is 12.5 Å². The van der Waals surface area contributed by atoms with Crippen LogP contribution >= 0.6 is 0 Å². The van der Waals surface area contributed by atoms with Gasteiger partial charge in [0.1, 0.15) is 0 Å². The second-order valence-corrected chi connectivity index (χ2v) is 3.78. The van der Waals surface area contributed by atoms with Gasteiger partial charge >= 0.3 is 0 Å². The lowest BCUT2D eigenvalue weighted by molar-refractivity contribution is 0.229. The Balaban J connectivity index is 2.20. The average molecular weight is 220 g/mol. The maximum absolute atomic E-state index is 9.14. The minimum absolute atomic E-state index is 0.0140. The fraction of sp³-hybridized carbons (Fsp3) is 0.333. The van der Waals surface area contributed by atoms with Crippen LogP contribution in [0.2, 0.25) is 0 Å². The quantitative estimate of drug-likeness (QED) is 0.614. The molecule has 1 atom stereocenters. The van der Waals surface area contributed by atoms with Gasteiger partial charge in [0, 0.05) is 23.7 Å². The molecule has 0 aliphatic heterocycles. The van der Waals surface area contributed by atoms with Gasteiger partial charge in [0.05, 0.1) is 18.3 Å². The van der Waals surface area contributed by atoms with Gasteiger partial charge in [-0.25, -0.2) is 0 Å². The summed E-state index contributed by atoms with van der Waals surface area (Å²) in [6.07, 6.45) is 2.42. The maximum Gasteiger partial charge on any atom is 0.0633 e. The largest absolute Gasteiger partial charge is 0.396 e. The predicted molar refractivity (Wildman–Crippen MR) is 64.5 cm³/mol. The first-order valence-corrected chi connectivity index (χ1v) is 5.39. The number of aromatic amines is 1. The van der Waals surface area contributed by atoms with Gasteiger partial charge in [-0.15, -0.1) is 0 Å². The van der Waals surface area contributed by atoms with Gasteiger partial charge in [-0.3, -0.25) is 0 Å². The Labute approximate surface area is 93.9 Å². The Bertz CT molecular complexity index is 453. The standard InChI is InChI=1S/C12H16N2O2/c15-6-5-9(8-16)14-12-7-13-11-4-2-1-3-10(11)12/h1-4,7,9,13-16H,5-6,8H2. The zero-order valence-electron chi connectivity index (χ0n) is 8.98. The molecule has 4 N–H and O–H groups in total. The Hall–Kier alpha value is -1.52. The molecule has 1 heterocycles. The molecule has 0 radical (unpaired) electrons. The normalized spacial score (nSPS) is 12.9. The highest BCUT2D eigenvalue weighted by Gasteiger charge is 2.09. The molecule has 86 valence electrons. The van der Waals surface area contributed by atoms with Crippen LogP contribution in [0.5, 0.6) is 0 Å². The molecule has 2 aromatic rings. The summed E-state index contributed by atoms with van der Waals surface area (Å²) in [5.41, 5.74) is 2.02. The van der Waals surface area contributed by atoms with E-state index in [-0.39, 0.29) is 19.3 Å². The summed E-state index contributed by atoms with van der Waals surface area (Å²) in [6, 6.07) is 7.85. The number of rotatable bonds is 5. The number of aliphatic hydroxyl groups is 2. The van der Waals surface area contributed by atoms with Crippen molar-refractivity contribution in [1.29, 1.82) is 0 Å². The molecule has 1 unspecified atom stereocenters. The molecule has 0 amide bonds. The summed E-state index contributed by atoms with van der Waals surface area (Å²) in [6.45, 7) is 0.0840. The second-order valence-electron chi connectivity index (χ2n) is 3.78. The number of anilines is 1. The summed E-state index contributed by atoms with van der Waals surface area (Å²) in [7, 11) is 0. The van der Waals surface area contributed by atoms with Crippen LogP contribution in [0, 0.1) is 0 Å². The lowest BCUT2D eigenvalue weighted by atomic mass is 10.2. The Morgan fingerprint density at radius 2 is 2.06 bits per heavy atom. The second kappa shape index (κ2) is 5.01. The van der Waals surface area contributed by atoms with Gasteiger partial charge in [-0.05, 0) is 12.5 Å². The van der Waals surface area contributed by atoms with Crippen molar-refractivity contribution >= 4 is 16.6 Å². The van der Waals surface area contributed by atoms with Crippen molar-refractivity contribution in [3.8, 4) is 0 Å². The smallest absolute Gasteiger partial charge is 0.0633 e. The number of aromatic nitrogens is 1. The summed E-state index contributed by atoms with van der Waals surface area (Å²) < 4.78 is 0. The summed E-state index contributed by atoms with van der Waals surface area (Å²) in [4.78, 5) is 3.15. The zero-order valence-corrected chi connectivity index (χ0v) is 8.98. The van der Waals surface area contributed by atoms with E-state index in [2.05, 4.69) is 10.3 Å². The molecule has 2 rings (SSSR count). The van der Waals surface area contributed by atoms with Crippen molar-refractivity contribution in [3.05, 3.63) is 30.5 Å². The molecule has 0 fully saturated rings. The maximum atomic E-state index is 9.14. The highest BCUT2D eigenvalue weighted by Crippen LogP contribution is 2.23. The molecule has 0 spiro atoms. The van der Waals surface area contributed by atoms with Crippen LogP contribution in [0.3, 0.4) is 0 Å². The van der Waals surface area contributed by atoms with Gasteiger partial charge in [0.2, 0.25) is 0 Å². The average Bonchev–Trinajstić information content (AvgIpc) is 2.72. The van der Waals surface area contributed by atoms with Crippen molar-refractivity contribution in [3.63, 3.8) is 0 Å². The number of aliphatic hydroxyl groups excluding tert-OH is 2. The van der Waals surface area contributed by atoms with E-state index in [0.717, 1.165) is 16.6 Å². The summed E-state index contributed by atoms with van der Waals surface area (Å²) >= 11 is 0. The molecule has 16 heavy (non-hydrogen) atoms. The number of fused-ring (bicyclic) bond motifs is 1. The van der Waals surface area contributed by atoms with E-state index in [1.165, 1.54) is 0 Å². The number of hydrogen-bond donors (Lipinski definition) is 4. The van der Waals surface area contributed by atoms with Gasteiger partial charge in [0.25, 0.3) is 0 Å². The monoisotopic (exact) mass is 220 g/mol. The highest BCUT2D eigenvalue weighted by atomic mass is 16.3. The Morgan fingerprint density at radius 1 is 1.25 bits per heavy atom. The number of H-pyrrole nitrogens is 1. The van der Waals surface area contributed by atoms with Crippen molar-refractivity contribution in [2.24, 2.45) is 0 Å². The van der Waals surface area contributed by atoms with Gasteiger partial charge in [0.15, 0.2) is 0 Å². The van der Waals surface area contributed by atoms with Gasteiger partial charge in [-0.2, -0.15) is 0 Å². The van der Waals surface area contributed by atoms with E-state index >= 15 is 0 Å². The molecule has 0 saturated heterocycles. The first kappa shape index (κ1) is 11.0. The number of benzene rings is 1. The third-order valence-electron chi connectivity index (χ3n) is 2.65. The minimum atomic E-state index is -0.107. The molecule has 1 aromatic heterocycles. The molecule has 4 heteroatoms. The zero-order chi connectivity index (χ0) is 11.4. The first-order valence-electron chi connectivity index (χ1n) is 5.39. The van der Waals surface area contributed by atoms with Crippen molar-refractivity contribution in [2.75, 3.05) is 18.5 Å². The van der Waals surface area contributed by atoms with Crippen molar-refractivity contribution < 1.29 is 10.2 Å².